The van der Waals surface area contributed by atoms with Gasteiger partial charge in [-0.05, 0) is 52.4 Å². The Bertz CT molecular complexity index is 294. The number of hydrogen-bond acceptors (Lipinski definition) is 3. The molecule has 1 N–H and O–H groups in total. The van der Waals surface area contributed by atoms with Gasteiger partial charge in [-0.15, -0.1) is 6.58 Å². The van der Waals surface area contributed by atoms with Crippen LogP contribution in [0.2, 0.25) is 0 Å². The van der Waals surface area contributed by atoms with E-state index in [1.807, 2.05) is 20.8 Å². The molecule has 1 aliphatic rings. The van der Waals surface area contributed by atoms with Crippen molar-refractivity contribution in [2.24, 2.45) is 5.92 Å². The molecule has 19 heavy (non-hydrogen) atoms. The summed E-state index contributed by atoms with van der Waals surface area (Å²) in [5, 5.41) is 2.95. The molecule has 1 amide bonds. The smallest absolute Gasteiger partial charge is 0.407 e. The van der Waals surface area contributed by atoms with Crippen molar-refractivity contribution in [2.45, 2.75) is 58.1 Å². The van der Waals surface area contributed by atoms with E-state index in [0.29, 0.717) is 12.5 Å². The molecular formula is C15H29NO3. The van der Waals surface area contributed by atoms with E-state index in [4.69, 9.17) is 9.47 Å². The highest BCUT2D eigenvalue weighted by atomic mass is 16.6. The molecule has 0 aliphatic heterocycles. The fourth-order valence-corrected chi connectivity index (χ4v) is 2.27. The average molecular weight is 271 g/mol. The van der Waals surface area contributed by atoms with Gasteiger partial charge in [-0.1, -0.05) is 6.08 Å². The van der Waals surface area contributed by atoms with Gasteiger partial charge in [-0.3, -0.25) is 0 Å². The fourth-order valence-electron chi connectivity index (χ4n) is 2.27. The van der Waals surface area contributed by atoms with Crippen molar-refractivity contribution in [1.29, 1.82) is 0 Å². The Hall–Kier alpha value is -1.03. The van der Waals surface area contributed by atoms with Crippen LogP contribution in [0, 0.1) is 5.92 Å². The number of ether oxygens (including phenoxy) is 2. The second kappa shape index (κ2) is 7.53. The zero-order chi connectivity index (χ0) is 14.3. The summed E-state index contributed by atoms with van der Waals surface area (Å²) >= 11 is 0. The number of amides is 1. The van der Waals surface area contributed by atoms with Gasteiger partial charge in [0.05, 0.1) is 6.61 Å². The molecule has 0 aromatic heterocycles. The summed E-state index contributed by atoms with van der Waals surface area (Å²) in [4.78, 5) is 11.7. The van der Waals surface area contributed by atoms with Gasteiger partial charge in [-0.2, -0.15) is 0 Å². The van der Waals surface area contributed by atoms with Crippen molar-refractivity contribution < 1.29 is 15.7 Å². The number of nitrogens with one attached hydrogen (secondary N) is 1. The topological polar surface area (TPSA) is 47.6 Å². The predicted molar refractivity (Wildman–Crippen MR) is 78.2 cm³/mol. The first-order valence-electron chi connectivity index (χ1n) is 7.09. The Balaban J connectivity index is 0.00000361. The van der Waals surface area contributed by atoms with Crippen LogP contribution in [-0.4, -0.2) is 30.9 Å². The lowest BCUT2D eigenvalue weighted by atomic mass is 9.86. The quantitative estimate of drug-likeness (QED) is 0.615. The number of carbonyl (C=O) groups excluding carboxylic acids is 1. The zero-order valence-corrected chi connectivity index (χ0v) is 12.4. The standard InChI is InChI=1S/C15H27NO3.H2/c1-5-10-18-11-12-6-8-13(9-7-12)16-14(17)19-15(2,3)4;/h5,12-13H,1,6-11H2,2-4H3,(H,16,17);1H. The normalized spacial score (nSPS) is 23.7. The third-order valence-electron chi connectivity index (χ3n) is 3.16. The fraction of sp³-hybridized carbons (Fsp3) is 0.800. The lowest BCUT2D eigenvalue weighted by Gasteiger charge is -2.29. The van der Waals surface area contributed by atoms with Gasteiger partial charge in [-0.25, -0.2) is 4.79 Å². The molecule has 1 rings (SSSR count). The molecule has 0 bridgehead atoms. The van der Waals surface area contributed by atoms with Gasteiger partial charge in [0.25, 0.3) is 0 Å². The van der Waals surface area contributed by atoms with E-state index >= 15 is 0 Å². The van der Waals surface area contributed by atoms with Gasteiger partial charge in [0.2, 0.25) is 0 Å². The van der Waals surface area contributed by atoms with Crippen LogP contribution < -0.4 is 5.32 Å². The van der Waals surface area contributed by atoms with E-state index in [1.165, 1.54) is 0 Å². The van der Waals surface area contributed by atoms with Crippen LogP contribution in [0.15, 0.2) is 12.7 Å². The largest absolute Gasteiger partial charge is 0.444 e. The molecule has 4 nitrogen and oxygen atoms in total. The second-order valence-electron chi connectivity index (χ2n) is 6.19. The van der Waals surface area contributed by atoms with Crippen LogP contribution in [0.5, 0.6) is 0 Å². The number of alkyl carbamates (subject to hydrolysis) is 1. The first-order valence-corrected chi connectivity index (χ1v) is 7.09. The predicted octanol–water partition coefficient (Wildman–Crippen LogP) is 3.52. The maximum Gasteiger partial charge on any atom is 0.407 e. The van der Waals surface area contributed by atoms with E-state index in [2.05, 4.69) is 11.9 Å². The Labute approximate surface area is 118 Å². The lowest BCUT2D eigenvalue weighted by Crippen LogP contribution is -2.41. The van der Waals surface area contributed by atoms with E-state index in [0.717, 1.165) is 32.3 Å². The van der Waals surface area contributed by atoms with E-state index < -0.39 is 5.60 Å². The van der Waals surface area contributed by atoms with Crippen LogP contribution in [0.4, 0.5) is 4.79 Å². The first-order chi connectivity index (χ1) is 8.90. The highest BCUT2D eigenvalue weighted by Crippen LogP contribution is 2.24. The van der Waals surface area contributed by atoms with E-state index in [-0.39, 0.29) is 13.6 Å². The third-order valence-corrected chi connectivity index (χ3v) is 3.16. The highest BCUT2D eigenvalue weighted by molar-refractivity contribution is 5.68. The monoisotopic (exact) mass is 271 g/mol. The molecule has 1 fully saturated rings. The van der Waals surface area contributed by atoms with Crippen LogP contribution in [0.25, 0.3) is 0 Å². The molecule has 0 aromatic rings. The summed E-state index contributed by atoms with van der Waals surface area (Å²) in [6.45, 7) is 10.7. The third kappa shape index (κ3) is 7.21. The Kier molecular flexibility index (Phi) is 6.35. The molecule has 112 valence electrons. The Morgan fingerprint density at radius 3 is 2.53 bits per heavy atom. The van der Waals surface area contributed by atoms with Gasteiger partial charge in [0.1, 0.15) is 5.60 Å². The maximum atomic E-state index is 11.7. The highest BCUT2D eigenvalue weighted by Gasteiger charge is 2.24. The molecule has 0 atom stereocenters. The van der Waals surface area contributed by atoms with Crippen molar-refractivity contribution in [3.63, 3.8) is 0 Å². The summed E-state index contributed by atoms with van der Waals surface area (Å²) in [5.74, 6) is 0.608. The number of hydrogen-bond donors (Lipinski definition) is 1. The number of carbonyl (C=O) groups is 1. The molecule has 0 aromatic carbocycles. The molecule has 0 saturated heterocycles. The molecule has 0 unspecified atom stereocenters. The zero-order valence-electron chi connectivity index (χ0n) is 12.4. The van der Waals surface area contributed by atoms with Gasteiger partial charge in [0.15, 0.2) is 0 Å². The Morgan fingerprint density at radius 2 is 2.00 bits per heavy atom. The summed E-state index contributed by atoms with van der Waals surface area (Å²) in [6.07, 6.45) is 5.66. The summed E-state index contributed by atoms with van der Waals surface area (Å²) in [5.41, 5.74) is -0.431. The molecule has 1 aliphatic carbocycles. The van der Waals surface area contributed by atoms with Crippen LogP contribution in [0.3, 0.4) is 0 Å². The Morgan fingerprint density at radius 1 is 1.37 bits per heavy atom. The molecular weight excluding hydrogens is 242 g/mol. The molecule has 0 radical (unpaired) electrons. The van der Waals surface area contributed by atoms with Crippen molar-refractivity contribution in [3.05, 3.63) is 12.7 Å². The SMILES string of the molecule is C=CCOCC1CCC(NC(=O)OC(C)(C)C)CC1.[HH]. The van der Waals surface area contributed by atoms with Gasteiger partial charge >= 0.3 is 6.09 Å². The molecule has 0 heterocycles. The van der Waals surface area contributed by atoms with Crippen LogP contribution >= 0.6 is 0 Å². The second-order valence-corrected chi connectivity index (χ2v) is 6.19. The minimum Gasteiger partial charge on any atom is -0.444 e. The van der Waals surface area contributed by atoms with Gasteiger partial charge in [0, 0.05) is 14.1 Å². The van der Waals surface area contributed by atoms with E-state index in [9.17, 15) is 4.79 Å². The van der Waals surface area contributed by atoms with E-state index in [1.54, 1.807) is 6.08 Å². The summed E-state index contributed by atoms with van der Waals surface area (Å²) in [6, 6.07) is 0.241. The van der Waals surface area contributed by atoms with Gasteiger partial charge < -0.3 is 14.8 Å². The van der Waals surface area contributed by atoms with Crippen molar-refractivity contribution in [3.8, 4) is 0 Å². The van der Waals surface area contributed by atoms with Crippen LogP contribution in [0.1, 0.15) is 47.9 Å². The molecule has 0 spiro atoms. The lowest BCUT2D eigenvalue weighted by molar-refractivity contribution is 0.0472. The minimum atomic E-state index is -0.431. The van der Waals surface area contributed by atoms with Crippen molar-refractivity contribution in [1.82, 2.24) is 5.32 Å². The first kappa shape index (κ1) is 16.0. The summed E-state index contributed by atoms with van der Waals surface area (Å²) in [7, 11) is 0. The maximum absolute atomic E-state index is 11.7. The average Bonchev–Trinajstić information content (AvgIpc) is 2.29. The number of rotatable bonds is 5. The van der Waals surface area contributed by atoms with Crippen LogP contribution in [-0.2, 0) is 9.47 Å². The van der Waals surface area contributed by atoms with Crippen molar-refractivity contribution >= 4 is 6.09 Å². The molecule has 1 saturated carbocycles. The molecule has 4 heteroatoms. The minimum absolute atomic E-state index is 0. The summed E-state index contributed by atoms with van der Waals surface area (Å²) < 4.78 is 10.7. The van der Waals surface area contributed by atoms with Crippen molar-refractivity contribution in [2.75, 3.05) is 13.2 Å².